The fourth-order valence-electron chi connectivity index (χ4n) is 2.60. The average molecular weight is 325 g/mol. The predicted molar refractivity (Wildman–Crippen MR) is 84.9 cm³/mol. The third-order valence-electron chi connectivity index (χ3n) is 4.08. The van der Waals surface area contributed by atoms with E-state index < -0.39 is 10.0 Å². The number of hydrogen-bond acceptors (Lipinski definition) is 4. The first-order valence-electron chi connectivity index (χ1n) is 7.38. The molecule has 1 aromatic rings. The number of amides is 1. The Labute approximate surface area is 131 Å². The van der Waals surface area contributed by atoms with Gasteiger partial charge in [0.25, 0.3) is 0 Å². The minimum Gasteiger partial charge on any atom is -0.369 e. The second kappa shape index (κ2) is 6.76. The number of aryl methyl sites for hydroxylation is 2. The largest absolute Gasteiger partial charge is 0.369 e. The molecule has 0 unspecified atom stereocenters. The van der Waals surface area contributed by atoms with Crippen molar-refractivity contribution in [2.75, 3.05) is 19.6 Å². The van der Waals surface area contributed by atoms with Crippen LogP contribution < -0.4 is 10.5 Å². The van der Waals surface area contributed by atoms with E-state index in [1.54, 1.807) is 12.1 Å². The predicted octanol–water partition coefficient (Wildman–Crippen LogP) is 0.531. The zero-order valence-electron chi connectivity index (χ0n) is 13.0. The molecular formula is C15H23N3O3S. The summed E-state index contributed by atoms with van der Waals surface area (Å²) in [5.41, 5.74) is 7.20. The number of primary amides is 1. The van der Waals surface area contributed by atoms with Crippen LogP contribution in [0, 0.1) is 13.8 Å². The number of nitrogens with zero attached hydrogens (tertiary/aromatic N) is 1. The van der Waals surface area contributed by atoms with Gasteiger partial charge in [-0.25, -0.2) is 13.1 Å². The third-order valence-corrected chi connectivity index (χ3v) is 5.60. The summed E-state index contributed by atoms with van der Waals surface area (Å²) in [6.45, 7) is 5.42. The van der Waals surface area contributed by atoms with Gasteiger partial charge in [-0.05, 0) is 49.9 Å². The van der Waals surface area contributed by atoms with Crippen LogP contribution in [0.5, 0.6) is 0 Å². The molecule has 6 nitrogen and oxygen atoms in total. The monoisotopic (exact) mass is 325 g/mol. The molecule has 1 aliphatic rings. The summed E-state index contributed by atoms with van der Waals surface area (Å²) in [6.07, 6.45) is 1.36. The van der Waals surface area contributed by atoms with E-state index in [9.17, 15) is 13.2 Å². The lowest BCUT2D eigenvalue weighted by Crippen LogP contribution is -2.46. The highest BCUT2D eigenvalue weighted by Crippen LogP contribution is 2.17. The van der Waals surface area contributed by atoms with Gasteiger partial charge < -0.3 is 5.73 Å². The summed E-state index contributed by atoms with van der Waals surface area (Å²) >= 11 is 0. The summed E-state index contributed by atoms with van der Waals surface area (Å²) < 4.78 is 27.6. The van der Waals surface area contributed by atoms with Gasteiger partial charge in [0.1, 0.15) is 0 Å². The molecular weight excluding hydrogens is 302 g/mol. The van der Waals surface area contributed by atoms with Crippen molar-refractivity contribution < 1.29 is 13.2 Å². The molecule has 1 heterocycles. The maximum atomic E-state index is 12.4. The van der Waals surface area contributed by atoms with E-state index in [0.717, 1.165) is 11.1 Å². The number of sulfonamides is 1. The highest BCUT2D eigenvalue weighted by atomic mass is 32.2. The van der Waals surface area contributed by atoms with Gasteiger partial charge in [0.2, 0.25) is 15.9 Å². The van der Waals surface area contributed by atoms with Crippen molar-refractivity contribution in [3.63, 3.8) is 0 Å². The molecule has 0 aromatic heterocycles. The summed E-state index contributed by atoms with van der Waals surface area (Å²) in [6, 6.07) is 5.04. The molecule has 3 N–H and O–H groups in total. The van der Waals surface area contributed by atoms with E-state index in [-0.39, 0.29) is 18.5 Å². The Kier molecular flexibility index (Phi) is 5.20. The number of rotatable bonds is 5. The highest BCUT2D eigenvalue weighted by Gasteiger charge is 2.25. The van der Waals surface area contributed by atoms with E-state index in [1.807, 2.05) is 24.8 Å². The zero-order valence-corrected chi connectivity index (χ0v) is 13.8. The number of carbonyl (C=O) groups is 1. The van der Waals surface area contributed by atoms with Crippen molar-refractivity contribution in [3.05, 3.63) is 29.3 Å². The van der Waals surface area contributed by atoms with Crippen LogP contribution in [-0.2, 0) is 14.8 Å². The number of likely N-dealkylation sites (tertiary alicyclic amines) is 1. The summed E-state index contributed by atoms with van der Waals surface area (Å²) in [4.78, 5) is 13.1. The molecule has 1 aromatic carbocycles. The minimum atomic E-state index is -3.50. The smallest absolute Gasteiger partial charge is 0.240 e. The Morgan fingerprint density at radius 2 is 1.91 bits per heavy atom. The lowest BCUT2D eigenvalue weighted by Gasteiger charge is -2.31. The van der Waals surface area contributed by atoms with Crippen LogP contribution >= 0.6 is 0 Å². The van der Waals surface area contributed by atoms with Gasteiger partial charge in [-0.1, -0.05) is 6.07 Å². The van der Waals surface area contributed by atoms with Crippen molar-refractivity contribution >= 4 is 15.9 Å². The number of benzene rings is 1. The van der Waals surface area contributed by atoms with Crippen LogP contribution in [0.25, 0.3) is 0 Å². The molecule has 0 saturated carbocycles. The Morgan fingerprint density at radius 1 is 1.27 bits per heavy atom. The molecule has 0 aliphatic carbocycles. The molecule has 1 aliphatic heterocycles. The molecule has 1 fully saturated rings. The van der Waals surface area contributed by atoms with Crippen LogP contribution in [-0.4, -0.2) is 44.9 Å². The van der Waals surface area contributed by atoms with Crippen molar-refractivity contribution in [1.82, 2.24) is 9.62 Å². The first-order valence-corrected chi connectivity index (χ1v) is 8.86. The normalized spacial score (nSPS) is 17.5. The van der Waals surface area contributed by atoms with Crippen LogP contribution in [0.15, 0.2) is 23.1 Å². The van der Waals surface area contributed by atoms with E-state index in [1.165, 1.54) is 0 Å². The van der Waals surface area contributed by atoms with Crippen molar-refractivity contribution in [1.29, 1.82) is 0 Å². The number of carbonyl (C=O) groups excluding carboxylic acids is 1. The van der Waals surface area contributed by atoms with Gasteiger partial charge in [-0.2, -0.15) is 0 Å². The summed E-state index contributed by atoms with van der Waals surface area (Å²) in [5, 5.41) is 0. The summed E-state index contributed by atoms with van der Waals surface area (Å²) in [5.74, 6) is -0.353. The number of piperidine rings is 1. The quantitative estimate of drug-likeness (QED) is 0.826. The van der Waals surface area contributed by atoms with Gasteiger partial charge in [0, 0.05) is 19.1 Å². The standard InChI is InChI=1S/C15H23N3O3S/c1-11-3-4-14(9-12(11)2)22(20,21)17-13-5-7-18(8-6-13)10-15(16)19/h3-4,9,13,17H,5-8,10H2,1-2H3,(H2,16,19). The Bertz CT molecular complexity index is 650. The van der Waals surface area contributed by atoms with Crippen LogP contribution in [0.1, 0.15) is 24.0 Å². The summed E-state index contributed by atoms with van der Waals surface area (Å²) in [7, 11) is -3.50. The molecule has 2 rings (SSSR count). The van der Waals surface area contributed by atoms with E-state index >= 15 is 0 Å². The molecule has 0 radical (unpaired) electrons. The highest BCUT2D eigenvalue weighted by molar-refractivity contribution is 7.89. The topological polar surface area (TPSA) is 92.5 Å². The second-order valence-corrected chi connectivity index (χ2v) is 7.60. The maximum Gasteiger partial charge on any atom is 0.240 e. The second-order valence-electron chi connectivity index (χ2n) is 5.88. The Balaban J connectivity index is 1.98. The van der Waals surface area contributed by atoms with E-state index in [2.05, 4.69) is 4.72 Å². The van der Waals surface area contributed by atoms with Crippen molar-refractivity contribution in [2.24, 2.45) is 5.73 Å². The number of nitrogens with one attached hydrogen (secondary N) is 1. The maximum absolute atomic E-state index is 12.4. The first kappa shape index (κ1) is 16.9. The average Bonchev–Trinajstić information content (AvgIpc) is 2.43. The third kappa shape index (κ3) is 4.28. The Hall–Kier alpha value is -1.44. The minimum absolute atomic E-state index is 0.101. The molecule has 1 amide bonds. The van der Waals surface area contributed by atoms with Gasteiger partial charge >= 0.3 is 0 Å². The van der Waals surface area contributed by atoms with Crippen LogP contribution in [0.2, 0.25) is 0 Å². The lowest BCUT2D eigenvalue weighted by atomic mass is 10.1. The SMILES string of the molecule is Cc1ccc(S(=O)(=O)NC2CCN(CC(N)=O)CC2)cc1C. The van der Waals surface area contributed by atoms with Gasteiger partial charge in [-0.3, -0.25) is 9.69 Å². The van der Waals surface area contributed by atoms with Crippen LogP contribution in [0.3, 0.4) is 0 Å². The Morgan fingerprint density at radius 3 is 2.45 bits per heavy atom. The molecule has 0 bridgehead atoms. The number of nitrogens with two attached hydrogens (primary N) is 1. The van der Waals surface area contributed by atoms with Gasteiger partial charge in [-0.15, -0.1) is 0 Å². The molecule has 22 heavy (non-hydrogen) atoms. The van der Waals surface area contributed by atoms with E-state index in [4.69, 9.17) is 5.73 Å². The van der Waals surface area contributed by atoms with E-state index in [0.29, 0.717) is 30.8 Å². The van der Waals surface area contributed by atoms with Crippen molar-refractivity contribution in [3.8, 4) is 0 Å². The number of hydrogen-bond donors (Lipinski definition) is 2. The zero-order chi connectivity index (χ0) is 16.3. The molecule has 0 spiro atoms. The lowest BCUT2D eigenvalue weighted by molar-refractivity contribution is -0.119. The fraction of sp³-hybridized carbons (Fsp3) is 0.533. The van der Waals surface area contributed by atoms with Gasteiger partial charge in [0.05, 0.1) is 11.4 Å². The fourth-order valence-corrected chi connectivity index (χ4v) is 3.99. The molecule has 0 atom stereocenters. The molecule has 122 valence electrons. The van der Waals surface area contributed by atoms with Gasteiger partial charge in [0.15, 0.2) is 0 Å². The molecule has 7 heteroatoms. The first-order chi connectivity index (χ1) is 10.3. The van der Waals surface area contributed by atoms with Crippen LogP contribution in [0.4, 0.5) is 0 Å². The van der Waals surface area contributed by atoms with Crippen molar-refractivity contribution in [2.45, 2.75) is 37.6 Å². The molecule has 1 saturated heterocycles.